The molecule has 1 aromatic heterocycles. The molecule has 0 N–H and O–H groups in total. The molecule has 0 radical (unpaired) electrons. The number of amides is 1. The summed E-state index contributed by atoms with van der Waals surface area (Å²) in [6.07, 6.45) is 3.74. The average Bonchev–Trinajstić information content (AvgIpc) is 3.02. The average molecular weight is 533 g/mol. The number of nitro groups is 1. The van der Waals surface area contributed by atoms with Crippen molar-refractivity contribution in [2.75, 3.05) is 26.3 Å². The number of ether oxygens (including phenoxy) is 1. The Hall–Kier alpha value is -2.93. The molecule has 4 rings (SSSR count). The van der Waals surface area contributed by atoms with E-state index >= 15 is 0 Å². The van der Waals surface area contributed by atoms with Crippen molar-refractivity contribution >= 4 is 43.2 Å². The largest absolute Gasteiger partial charge is 0.380 e. The number of carbonyl (C=O) groups excluding carboxylic acids is 1. The number of hydrogen-bond acceptors (Lipinski definition) is 7. The van der Waals surface area contributed by atoms with Gasteiger partial charge in [-0.15, -0.1) is 0 Å². The highest BCUT2D eigenvalue weighted by atomic mass is 32.2. The standard InChI is InChI=1S/C24H28N4O6S2/c1-2-34-16-15-27-21-12-9-19(28(30)31)17-22(21)35-24(27)25-23(29)18-7-10-20(11-8-18)36(32,33)26-13-5-3-4-6-14-26/h7-12,17H,2-6,13-16H2,1H3. The number of fused-ring (bicyclic) bond motifs is 1. The second-order valence-electron chi connectivity index (χ2n) is 8.40. The van der Waals surface area contributed by atoms with E-state index in [4.69, 9.17) is 4.74 Å². The quantitative estimate of drug-likeness (QED) is 0.246. The molecule has 1 aliphatic heterocycles. The fourth-order valence-electron chi connectivity index (χ4n) is 4.13. The van der Waals surface area contributed by atoms with Crippen molar-refractivity contribution in [2.45, 2.75) is 44.0 Å². The summed E-state index contributed by atoms with van der Waals surface area (Å²) in [5, 5.41) is 11.2. The molecule has 1 saturated heterocycles. The van der Waals surface area contributed by atoms with Gasteiger partial charge >= 0.3 is 0 Å². The van der Waals surface area contributed by atoms with Gasteiger partial charge in [0.1, 0.15) is 0 Å². The van der Waals surface area contributed by atoms with Gasteiger partial charge in [0.25, 0.3) is 11.6 Å². The highest BCUT2D eigenvalue weighted by molar-refractivity contribution is 7.89. The molecule has 0 bridgehead atoms. The maximum Gasteiger partial charge on any atom is 0.279 e. The number of carbonyl (C=O) groups is 1. The molecule has 192 valence electrons. The Balaban J connectivity index is 1.64. The number of rotatable bonds is 8. The second-order valence-corrected chi connectivity index (χ2v) is 11.3. The van der Waals surface area contributed by atoms with E-state index in [2.05, 4.69) is 4.99 Å². The predicted octanol–water partition coefficient (Wildman–Crippen LogP) is 3.95. The topological polar surface area (TPSA) is 124 Å². The number of benzene rings is 2. The highest BCUT2D eigenvalue weighted by Gasteiger charge is 2.25. The van der Waals surface area contributed by atoms with Crippen molar-refractivity contribution in [3.05, 3.63) is 62.9 Å². The maximum absolute atomic E-state index is 13.0. The SMILES string of the molecule is CCOCCn1c(=NC(=O)c2ccc(S(=O)(=O)N3CCCCCC3)cc2)sc2cc([N+](=O)[O-])ccc21. The number of nitrogens with zero attached hydrogens (tertiary/aromatic N) is 4. The van der Waals surface area contributed by atoms with Crippen LogP contribution in [-0.4, -0.2) is 54.4 Å². The van der Waals surface area contributed by atoms with Crippen LogP contribution >= 0.6 is 11.3 Å². The van der Waals surface area contributed by atoms with Crippen molar-refractivity contribution in [2.24, 2.45) is 4.99 Å². The van der Waals surface area contributed by atoms with Crippen LogP contribution in [0.3, 0.4) is 0 Å². The van der Waals surface area contributed by atoms with Gasteiger partial charge in [0.15, 0.2) is 4.80 Å². The van der Waals surface area contributed by atoms with E-state index in [0.29, 0.717) is 42.3 Å². The van der Waals surface area contributed by atoms with Gasteiger partial charge < -0.3 is 9.30 Å². The van der Waals surface area contributed by atoms with Crippen molar-refractivity contribution in [1.29, 1.82) is 0 Å². The number of aromatic nitrogens is 1. The van der Waals surface area contributed by atoms with Crippen LogP contribution < -0.4 is 4.80 Å². The van der Waals surface area contributed by atoms with Gasteiger partial charge in [-0.25, -0.2) is 8.42 Å². The fraction of sp³-hybridized carbons (Fsp3) is 0.417. The molecule has 2 heterocycles. The minimum atomic E-state index is -3.61. The van der Waals surface area contributed by atoms with E-state index in [-0.39, 0.29) is 16.1 Å². The van der Waals surface area contributed by atoms with E-state index in [1.807, 2.05) is 6.92 Å². The molecular weight excluding hydrogens is 504 g/mol. The number of sulfonamides is 1. The van der Waals surface area contributed by atoms with Crippen LogP contribution in [-0.2, 0) is 21.3 Å². The molecule has 0 saturated carbocycles. The minimum absolute atomic E-state index is 0.0419. The van der Waals surface area contributed by atoms with Gasteiger partial charge in [-0.2, -0.15) is 9.30 Å². The summed E-state index contributed by atoms with van der Waals surface area (Å²) in [6.45, 7) is 4.24. The van der Waals surface area contributed by atoms with Gasteiger partial charge in [-0.05, 0) is 50.1 Å². The minimum Gasteiger partial charge on any atom is -0.380 e. The lowest BCUT2D eigenvalue weighted by Crippen LogP contribution is -2.31. The summed E-state index contributed by atoms with van der Waals surface area (Å²) in [7, 11) is -3.61. The first-order valence-electron chi connectivity index (χ1n) is 11.9. The first-order valence-corrected chi connectivity index (χ1v) is 14.1. The van der Waals surface area contributed by atoms with E-state index in [9.17, 15) is 23.3 Å². The molecule has 1 aliphatic rings. The lowest BCUT2D eigenvalue weighted by Gasteiger charge is -2.19. The summed E-state index contributed by atoms with van der Waals surface area (Å²) < 4.78 is 35.4. The number of non-ortho nitro benzene ring substituents is 1. The zero-order valence-corrected chi connectivity index (χ0v) is 21.6. The van der Waals surface area contributed by atoms with Crippen LogP contribution in [0.1, 0.15) is 43.0 Å². The zero-order chi connectivity index (χ0) is 25.7. The second kappa shape index (κ2) is 11.4. The molecule has 36 heavy (non-hydrogen) atoms. The Morgan fingerprint density at radius 1 is 1.11 bits per heavy atom. The Kier molecular flexibility index (Phi) is 8.29. The van der Waals surface area contributed by atoms with E-state index in [1.165, 1.54) is 52.0 Å². The molecule has 3 aromatic rings. The normalized spacial score (nSPS) is 15.8. The third-order valence-electron chi connectivity index (χ3n) is 6.04. The van der Waals surface area contributed by atoms with Crippen LogP contribution in [0.15, 0.2) is 52.4 Å². The fourth-order valence-corrected chi connectivity index (χ4v) is 6.73. The summed E-state index contributed by atoms with van der Waals surface area (Å²) in [4.78, 5) is 28.5. The van der Waals surface area contributed by atoms with Crippen LogP contribution in [0.25, 0.3) is 10.2 Å². The van der Waals surface area contributed by atoms with Crippen LogP contribution in [0.5, 0.6) is 0 Å². The van der Waals surface area contributed by atoms with Gasteiger partial charge in [0, 0.05) is 43.9 Å². The molecule has 1 amide bonds. The zero-order valence-electron chi connectivity index (χ0n) is 20.0. The van der Waals surface area contributed by atoms with Crippen LogP contribution in [0.4, 0.5) is 5.69 Å². The summed E-state index contributed by atoms with van der Waals surface area (Å²) in [6, 6.07) is 10.4. The molecule has 12 heteroatoms. The highest BCUT2D eigenvalue weighted by Crippen LogP contribution is 2.24. The monoisotopic (exact) mass is 532 g/mol. The Morgan fingerprint density at radius 3 is 2.44 bits per heavy atom. The molecular formula is C24H28N4O6S2. The Labute approximate surface area is 213 Å². The summed E-state index contributed by atoms with van der Waals surface area (Å²) in [5.74, 6) is -0.528. The van der Waals surface area contributed by atoms with E-state index < -0.39 is 20.9 Å². The summed E-state index contributed by atoms with van der Waals surface area (Å²) >= 11 is 1.18. The Morgan fingerprint density at radius 2 is 1.81 bits per heavy atom. The van der Waals surface area contributed by atoms with Crippen LogP contribution in [0, 0.1) is 10.1 Å². The van der Waals surface area contributed by atoms with Crippen molar-refractivity contribution in [3.63, 3.8) is 0 Å². The van der Waals surface area contributed by atoms with Crippen molar-refractivity contribution < 1.29 is 22.9 Å². The molecule has 0 aliphatic carbocycles. The van der Waals surface area contributed by atoms with Crippen molar-refractivity contribution in [1.82, 2.24) is 8.87 Å². The third-order valence-corrected chi connectivity index (χ3v) is 9.00. The number of thiazole rings is 1. The first kappa shape index (κ1) is 26.1. The van der Waals surface area contributed by atoms with Gasteiger partial charge in [-0.3, -0.25) is 14.9 Å². The lowest BCUT2D eigenvalue weighted by atomic mass is 10.2. The maximum atomic E-state index is 13.0. The lowest BCUT2D eigenvalue weighted by molar-refractivity contribution is -0.384. The molecule has 0 unspecified atom stereocenters. The molecule has 0 spiro atoms. The number of nitro benzene ring substituents is 1. The van der Waals surface area contributed by atoms with E-state index in [0.717, 1.165) is 31.2 Å². The first-order chi connectivity index (χ1) is 17.3. The number of hydrogen-bond donors (Lipinski definition) is 0. The molecule has 0 atom stereocenters. The smallest absolute Gasteiger partial charge is 0.279 e. The molecule has 1 fully saturated rings. The van der Waals surface area contributed by atoms with E-state index in [1.54, 1.807) is 10.6 Å². The Bertz CT molecular complexity index is 1420. The van der Waals surface area contributed by atoms with Gasteiger partial charge in [0.05, 0.1) is 26.6 Å². The van der Waals surface area contributed by atoms with Crippen LogP contribution in [0.2, 0.25) is 0 Å². The van der Waals surface area contributed by atoms with Gasteiger partial charge in [-0.1, -0.05) is 24.2 Å². The molecule has 2 aromatic carbocycles. The predicted molar refractivity (Wildman–Crippen MR) is 137 cm³/mol. The van der Waals surface area contributed by atoms with Crippen molar-refractivity contribution in [3.8, 4) is 0 Å². The summed E-state index contributed by atoms with van der Waals surface area (Å²) in [5.41, 5.74) is 0.931. The molecule has 10 nitrogen and oxygen atoms in total. The third kappa shape index (κ3) is 5.72. The van der Waals surface area contributed by atoms with Gasteiger partial charge in [0.2, 0.25) is 10.0 Å².